The number of sulfonamides is 2. The molecule has 130 valence electrons. The van der Waals surface area contributed by atoms with Gasteiger partial charge in [0.2, 0.25) is 10.0 Å². The second-order valence-electron chi connectivity index (χ2n) is 5.45. The third kappa shape index (κ3) is 3.53. The van der Waals surface area contributed by atoms with Gasteiger partial charge in [-0.2, -0.15) is 0 Å². The second kappa shape index (κ2) is 6.21. The van der Waals surface area contributed by atoms with E-state index in [4.69, 9.17) is 11.6 Å². The van der Waals surface area contributed by atoms with Crippen molar-refractivity contribution in [3.8, 4) is 0 Å². The van der Waals surface area contributed by atoms with Crippen LogP contribution in [0.3, 0.4) is 0 Å². The molecule has 1 aliphatic heterocycles. The molecule has 0 saturated carbocycles. The Morgan fingerprint density at radius 2 is 1.92 bits per heavy atom. The number of fused-ring (bicyclic) bond motifs is 1. The van der Waals surface area contributed by atoms with E-state index >= 15 is 0 Å². The van der Waals surface area contributed by atoms with Crippen molar-refractivity contribution >= 4 is 54.4 Å². The first-order valence-corrected chi connectivity index (χ1v) is 11.6. The number of rotatable bonds is 4. The SMILES string of the molecule is CS(=O)(=O)N1CCCc2ccc(NS(=O)(=O)c3ccc(Cl)s3)cc21. The van der Waals surface area contributed by atoms with Crippen LogP contribution < -0.4 is 9.03 Å². The van der Waals surface area contributed by atoms with Crippen LogP contribution in [-0.4, -0.2) is 29.6 Å². The van der Waals surface area contributed by atoms with Crippen LogP contribution in [0.1, 0.15) is 12.0 Å². The summed E-state index contributed by atoms with van der Waals surface area (Å²) in [6.07, 6.45) is 2.64. The van der Waals surface area contributed by atoms with Crippen molar-refractivity contribution in [2.45, 2.75) is 17.1 Å². The Morgan fingerprint density at radius 1 is 1.17 bits per heavy atom. The van der Waals surface area contributed by atoms with Crippen molar-refractivity contribution in [2.75, 3.05) is 21.8 Å². The van der Waals surface area contributed by atoms with E-state index in [1.807, 2.05) is 0 Å². The van der Waals surface area contributed by atoms with Crippen LogP contribution in [0.4, 0.5) is 11.4 Å². The molecule has 10 heteroatoms. The van der Waals surface area contributed by atoms with Crippen LogP contribution in [0.15, 0.2) is 34.5 Å². The minimum Gasteiger partial charge on any atom is -0.279 e. The van der Waals surface area contributed by atoms with Gasteiger partial charge in [-0.15, -0.1) is 11.3 Å². The summed E-state index contributed by atoms with van der Waals surface area (Å²) in [5.41, 5.74) is 1.72. The number of halogens is 1. The molecule has 0 bridgehead atoms. The zero-order chi connectivity index (χ0) is 17.5. The molecule has 0 radical (unpaired) electrons. The molecule has 0 amide bonds. The van der Waals surface area contributed by atoms with Gasteiger partial charge < -0.3 is 0 Å². The minimum absolute atomic E-state index is 0.102. The molecular weight excluding hydrogens is 392 g/mol. The number of hydrogen-bond donors (Lipinski definition) is 1. The van der Waals surface area contributed by atoms with Gasteiger partial charge >= 0.3 is 0 Å². The summed E-state index contributed by atoms with van der Waals surface area (Å²) in [4.78, 5) is 0. The number of nitrogens with zero attached hydrogens (tertiary/aromatic N) is 1. The second-order valence-corrected chi connectivity index (χ2v) is 11.0. The van der Waals surface area contributed by atoms with Crippen LogP contribution in [0, 0.1) is 0 Å². The van der Waals surface area contributed by atoms with Crippen LogP contribution >= 0.6 is 22.9 Å². The highest BCUT2D eigenvalue weighted by molar-refractivity contribution is 7.94. The fourth-order valence-electron chi connectivity index (χ4n) is 2.60. The molecule has 0 unspecified atom stereocenters. The highest BCUT2D eigenvalue weighted by atomic mass is 35.5. The Balaban J connectivity index is 1.97. The van der Waals surface area contributed by atoms with E-state index in [1.54, 1.807) is 18.2 Å². The third-order valence-corrected chi connectivity index (χ3v) is 7.91. The van der Waals surface area contributed by atoms with Gasteiger partial charge in [-0.3, -0.25) is 9.03 Å². The molecule has 6 nitrogen and oxygen atoms in total. The molecule has 0 saturated heterocycles. The average Bonchev–Trinajstić information content (AvgIpc) is 2.92. The van der Waals surface area contributed by atoms with Gasteiger partial charge in [-0.25, -0.2) is 16.8 Å². The van der Waals surface area contributed by atoms with Crippen LogP contribution in [0.25, 0.3) is 0 Å². The standard InChI is InChI=1S/C14H15ClN2O4S3/c1-23(18,19)17-8-2-3-10-4-5-11(9-12(10)17)16-24(20,21)14-7-6-13(15)22-14/h4-7,9,16H,2-3,8H2,1H3. The topological polar surface area (TPSA) is 83.6 Å². The molecule has 1 aromatic heterocycles. The molecule has 1 aromatic carbocycles. The van der Waals surface area contributed by atoms with Crippen LogP contribution in [0.2, 0.25) is 4.34 Å². The van der Waals surface area contributed by atoms with Crippen molar-refractivity contribution in [1.82, 2.24) is 0 Å². The largest absolute Gasteiger partial charge is 0.279 e. The number of nitrogens with one attached hydrogen (secondary N) is 1. The normalized spacial score (nSPS) is 15.2. The van der Waals surface area contributed by atoms with Crippen molar-refractivity contribution in [2.24, 2.45) is 0 Å². The first-order chi connectivity index (χ1) is 11.2. The molecular formula is C14H15ClN2O4S3. The number of aryl methyl sites for hydroxylation is 1. The van der Waals surface area contributed by atoms with E-state index in [9.17, 15) is 16.8 Å². The maximum absolute atomic E-state index is 12.4. The third-order valence-electron chi connectivity index (χ3n) is 3.63. The molecule has 24 heavy (non-hydrogen) atoms. The summed E-state index contributed by atoms with van der Waals surface area (Å²) >= 11 is 6.74. The lowest BCUT2D eigenvalue weighted by Crippen LogP contribution is -2.34. The van der Waals surface area contributed by atoms with E-state index < -0.39 is 20.0 Å². The average molecular weight is 407 g/mol. The summed E-state index contributed by atoms with van der Waals surface area (Å²) in [6.45, 7) is 0.391. The Hall–Kier alpha value is -1.29. The van der Waals surface area contributed by atoms with Gasteiger partial charge in [0.25, 0.3) is 10.0 Å². The van der Waals surface area contributed by atoms with E-state index in [1.165, 1.54) is 16.4 Å². The monoisotopic (exact) mass is 406 g/mol. The Labute approximate surface area is 150 Å². The summed E-state index contributed by atoms with van der Waals surface area (Å²) in [5, 5.41) is 0. The summed E-state index contributed by atoms with van der Waals surface area (Å²) in [5.74, 6) is 0. The summed E-state index contributed by atoms with van der Waals surface area (Å²) < 4.78 is 52.9. The smallest absolute Gasteiger partial charge is 0.271 e. The van der Waals surface area contributed by atoms with Crippen LogP contribution in [0.5, 0.6) is 0 Å². The predicted molar refractivity (Wildman–Crippen MR) is 97.1 cm³/mol. The predicted octanol–water partition coefficient (Wildman–Crippen LogP) is 2.91. The molecule has 0 fully saturated rings. The van der Waals surface area contributed by atoms with Gasteiger partial charge in [0.15, 0.2) is 0 Å². The number of hydrogen-bond acceptors (Lipinski definition) is 5. The Morgan fingerprint density at radius 3 is 2.54 bits per heavy atom. The van der Waals surface area contributed by atoms with Gasteiger partial charge in [0, 0.05) is 6.54 Å². The van der Waals surface area contributed by atoms with Crippen molar-refractivity contribution < 1.29 is 16.8 Å². The highest BCUT2D eigenvalue weighted by Crippen LogP contribution is 2.33. The highest BCUT2D eigenvalue weighted by Gasteiger charge is 2.25. The fourth-order valence-corrected chi connectivity index (χ4v) is 6.12. The summed E-state index contributed by atoms with van der Waals surface area (Å²) in [6, 6.07) is 7.89. The summed E-state index contributed by atoms with van der Waals surface area (Å²) in [7, 11) is -7.16. The Bertz CT molecular complexity index is 983. The molecule has 0 aliphatic carbocycles. The lowest BCUT2D eigenvalue weighted by molar-refractivity contribution is 0.592. The quantitative estimate of drug-likeness (QED) is 0.846. The minimum atomic E-state index is -3.76. The molecule has 1 aliphatic rings. The molecule has 0 spiro atoms. The van der Waals surface area contributed by atoms with E-state index in [0.717, 1.165) is 36.0 Å². The van der Waals surface area contributed by atoms with Crippen molar-refractivity contribution in [3.05, 3.63) is 40.2 Å². The van der Waals surface area contributed by atoms with Crippen LogP contribution in [-0.2, 0) is 26.5 Å². The number of anilines is 2. The van der Waals surface area contributed by atoms with E-state index in [2.05, 4.69) is 4.72 Å². The molecule has 3 rings (SSSR count). The lowest BCUT2D eigenvalue weighted by atomic mass is 10.0. The van der Waals surface area contributed by atoms with Gasteiger partial charge in [0.05, 0.1) is 22.0 Å². The first kappa shape index (κ1) is 17.5. The van der Waals surface area contributed by atoms with Crippen molar-refractivity contribution in [3.63, 3.8) is 0 Å². The Kier molecular flexibility index (Phi) is 4.54. The molecule has 1 N–H and O–H groups in total. The zero-order valence-corrected chi connectivity index (χ0v) is 15.9. The van der Waals surface area contributed by atoms with Gasteiger partial charge in [-0.1, -0.05) is 17.7 Å². The molecule has 2 aromatic rings. The maximum Gasteiger partial charge on any atom is 0.271 e. The lowest BCUT2D eigenvalue weighted by Gasteiger charge is -2.29. The first-order valence-electron chi connectivity index (χ1n) is 7.06. The van der Waals surface area contributed by atoms with Gasteiger partial charge in [0.1, 0.15) is 4.21 Å². The van der Waals surface area contributed by atoms with E-state index in [-0.39, 0.29) is 4.21 Å². The number of benzene rings is 1. The molecule has 2 heterocycles. The molecule has 0 atom stereocenters. The fraction of sp³-hybridized carbons (Fsp3) is 0.286. The van der Waals surface area contributed by atoms with Gasteiger partial charge in [-0.05, 0) is 42.7 Å². The zero-order valence-electron chi connectivity index (χ0n) is 12.7. The maximum atomic E-state index is 12.4. The van der Waals surface area contributed by atoms with Crippen molar-refractivity contribution in [1.29, 1.82) is 0 Å². The van der Waals surface area contributed by atoms with E-state index in [0.29, 0.717) is 22.3 Å². The number of thiophene rings is 1.